The van der Waals surface area contributed by atoms with Crippen molar-refractivity contribution in [1.82, 2.24) is 31.9 Å². The van der Waals surface area contributed by atoms with Crippen LogP contribution < -0.4 is 31.9 Å². The number of ether oxygens (including phenoxy) is 2. The highest BCUT2D eigenvalue weighted by Crippen LogP contribution is 2.18. The van der Waals surface area contributed by atoms with Gasteiger partial charge in [-0.05, 0) is 38.5 Å². The van der Waals surface area contributed by atoms with Crippen molar-refractivity contribution in [3.8, 4) is 0 Å². The lowest BCUT2D eigenvalue weighted by Gasteiger charge is -2.22. The summed E-state index contributed by atoms with van der Waals surface area (Å²) >= 11 is 0. The van der Waals surface area contributed by atoms with E-state index in [2.05, 4.69) is 31.9 Å². The summed E-state index contributed by atoms with van der Waals surface area (Å²) in [7, 11) is 0. The second kappa shape index (κ2) is 22.0. The van der Waals surface area contributed by atoms with Gasteiger partial charge in [-0.3, -0.25) is 0 Å². The van der Waals surface area contributed by atoms with Crippen molar-refractivity contribution in [3.63, 3.8) is 0 Å². The normalized spacial score (nSPS) is 15.7. The first-order valence-electron chi connectivity index (χ1n) is 14.4. The Morgan fingerprint density at radius 2 is 0.872 bits per heavy atom. The summed E-state index contributed by atoms with van der Waals surface area (Å²) in [5.41, 5.74) is 0. The molecule has 0 spiro atoms. The summed E-state index contributed by atoms with van der Waals surface area (Å²) in [6, 6.07) is -0.154. The molecule has 2 saturated carbocycles. The Kier molecular flexibility index (Phi) is 19.2. The number of unbranched alkanes of at least 4 members (excludes halogenated alkanes) is 3. The van der Waals surface area contributed by atoms with Crippen LogP contribution in [0.25, 0.3) is 0 Å². The third kappa shape index (κ3) is 18.1. The van der Waals surface area contributed by atoms with Gasteiger partial charge in [0.25, 0.3) is 0 Å². The summed E-state index contributed by atoms with van der Waals surface area (Å²) < 4.78 is 10.2. The van der Waals surface area contributed by atoms with Crippen LogP contribution in [0, 0.1) is 0 Å². The molecule has 0 aromatic rings. The number of nitrogens with one attached hydrogen (secondary N) is 6. The monoisotopic (exact) mass is 556 g/mol. The fourth-order valence-corrected chi connectivity index (χ4v) is 4.66. The number of rotatable bonds is 15. The van der Waals surface area contributed by atoms with E-state index in [4.69, 9.17) is 9.47 Å². The molecule has 12 heteroatoms. The van der Waals surface area contributed by atoms with Crippen molar-refractivity contribution in [2.45, 2.75) is 109 Å². The molecule has 0 aromatic carbocycles. The first-order chi connectivity index (χ1) is 18.5. The molecular weight excluding hydrogens is 504 g/mol. The lowest BCUT2D eigenvalue weighted by atomic mass is 9.96. The van der Waals surface area contributed by atoms with Gasteiger partial charge in [-0.15, -0.1) is 0 Å². The van der Waals surface area contributed by atoms with Crippen LogP contribution in [-0.4, -0.2) is 75.7 Å². The van der Waals surface area contributed by atoms with Crippen molar-refractivity contribution in [1.29, 1.82) is 0 Å². The minimum absolute atomic E-state index is 0. The van der Waals surface area contributed by atoms with E-state index in [1.165, 1.54) is 12.8 Å². The Bertz CT molecular complexity index is 640. The minimum atomic E-state index is -0.422. The maximum Gasteiger partial charge on any atom is 0.407 e. The Morgan fingerprint density at radius 3 is 1.26 bits per heavy atom. The van der Waals surface area contributed by atoms with Gasteiger partial charge in [0.2, 0.25) is 0 Å². The number of hydrogen-bond acceptors (Lipinski definition) is 6. The topological polar surface area (TPSA) is 159 Å². The number of urea groups is 2. The maximum atomic E-state index is 11.8. The van der Waals surface area contributed by atoms with Crippen molar-refractivity contribution in [3.05, 3.63) is 0 Å². The van der Waals surface area contributed by atoms with Gasteiger partial charge in [0, 0.05) is 25.2 Å². The van der Waals surface area contributed by atoms with Crippen LogP contribution in [0.15, 0.2) is 0 Å². The molecule has 226 valence electrons. The average molecular weight is 557 g/mol. The molecular formula is C27H52N6O6. The highest BCUT2D eigenvalue weighted by molar-refractivity contribution is 5.74. The van der Waals surface area contributed by atoms with Crippen LogP contribution in [0.3, 0.4) is 0 Å². The largest absolute Gasteiger partial charge is 0.448 e. The first kappa shape index (κ1) is 34.1. The molecule has 0 aromatic heterocycles. The highest BCUT2D eigenvalue weighted by atomic mass is 16.6. The molecule has 0 saturated heterocycles. The zero-order valence-corrected chi connectivity index (χ0v) is 22.7. The molecule has 6 N–H and O–H groups in total. The molecule has 0 heterocycles. The standard InChI is InChI=1S/C26H48N6O6.CH4/c33-23(29-17-19-37-25(35)31-21-11-5-3-6-12-21)27-15-9-1-2-10-16-28-24(34)30-18-20-38-26(36)32-22-13-7-4-8-14-22;/h21-22H,1-20H2,(H,31,35)(H,32,36)(H2,27,29,33)(H2,28,30,34);1H4. The van der Waals surface area contributed by atoms with Crippen LogP contribution in [0.5, 0.6) is 0 Å². The maximum absolute atomic E-state index is 11.8. The lowest BCUT2D eigenvalue weighted by molar-refractivity contribution is 0.139. The molecule has 6 amide bonds. The van der Waals surface area contributed by atoms with Gasteiger partial charge < -0.3 is 41.4 Å². The zero-order valence-electron chi connectivity index (χ0n) is 22.7. The van der Waals surface area contributed by atoms with E-state index in [9.17, 15) is 19.2 Å². The smallest absolute Gasteiger partial charge is 0.407 e. The Hall–Kier alpha value is -2.92. The van der Waals surface area contributed by atoms with E-state index in [1.54, 1.807) is 0 Å². The van der Waals surface area contributed by atoms with E-state index in [1.807, 2.05) is 0 Å². The summed E-state index contributed by atoms with van der Waals surface area (Å²) in [6.45, 7) is 1.90. The summed E-state index contributed by atoms with van der Waals surface area (Å²) in [5.74, 6) is 0. The van der Waals surface area contributed by atoms with E-state index >= 15 is 0 Å². The van der Waals surface area contributed by atoms with Crippen molar-refractivity contribution >= 4 is 24.2 Å². The molecule has 12 nitrogen and oxygen atoms in total. The van der Waals surface area contributed by atoms with E-state index in [-0.39, 0.29) is 57.9 Å². The molecule has 2 aliphatic rings. The van der Waals surface area contributed by atoms with Gasteiger partial charge >= 0.3 is 24.2 Å². The van der Waals surface area contributed by atoms with Gasteiger partial charge in [-0.2, -0.15) is 0 Å². The quantitative estimate of drug-likeness (QED) is 0.168. The molecule has 0 bridgehead atoms. The number of carbonyl (C=O) groups is 4. The average Bonchev–Trinajstić information content (AvgIpc) is 2.92. The van der Waals surface area contributed by atoms with Crippen LogP contribution >= 0.6 is 0 Å². The van der Waals surface area contributed by atoms with Crippen LogP contribution in [-0.2, 0) is 9.47 Å². The predicted molar refractivity (Wildman–Crippen MR) is 151 cm³/mol. The SMILES string of the molecule is C.O=C(NCCCCCCNC(=O)NCCOC(=O)NC1CCCCC1)NCCOC(=O)NC1CCCCC1. The lowest BCUT2D eigenvalue weighted by Crippen LogP contribution is -2.40. The van der Waals surface area contributed by atoms with Crippen LogP contribution in [0.1, 0.15) is 97.3 Å². The van der Waals surface area contributed by atoms with Crippen molar-refractivity contribution < 1.29 is 28.7 Å². The summed E-state index contributed by atoms with van der Waals surface area (Å²) in [5, 5.41) is 16.6. The highest BCUT2D eigenvalue weighted by Gasteiger charge is 2.17. The number of alkyl carbamates (subject to hydrolysis) is 2. The molecule has 0 radical (unpaired) electrons. The zero-order chi connectivity index (χ0) is 27.3. The van der Waals surface area contributed by atoms with E-state index in [0.717, 1.165) is 77.0 Å². The van der Waals surface area contributed by atoms with Crippen LogP contribution in [0.2, 0.25) is 0 Å². The number of carbonyl (C=O) groups excluding carboxylic acids is 4. The van der Waals surface area contributed by atoms with Gasteiger partial charge in [-0.25, -0.2) is 19.2 Å². The van der Waals surface area contributed by atoms with Crippen molar-refractivity contribution in [2.75, 3.05) is 39.4 Å². The second-order valence-electron chi connectivity index (χ2n) is 10.0. The number of hydrogen-bond donors (Lipinski definition) is 6. The van der Waals surface area contributed by atoms with E-state index < -0.39 is 12.2 Å². The fourth-order valence-electron chi connectivity index (χ4n) is 4.66. The molecule has 39 heavy (non-hydrogen) atoms. The second-order valence-corrected chi connectivity index (χ2v) is 10.0. The molecule has 2 fully saturated rings. The van der Waals surface area contributed by atoms with Crippen LogP contribution in [0.4, 0.5) is 19.2 Å². The third-order valence-corrected chi connectivity index (χ3v) is 6.77. The third-order valence-electron chi connectivity index (χ3n) is 6.77. The van der Waals surface area contributed by atoms with E-state index in [0.29, 0.717) is 13.1 Å². The van der Waals surface area contributed by atoms with Gasteiger partial charge in [-0.1, -0.05) is 58.8 Å². The fraction of sp³-hybridized carbons (Fsp3) is 0.852. The summed E-state index contributed by atoms with van der Waals surface area (Å²) in [6.07, 6.45) is 13.7. The first-order valence-corrected chi connectivity index (χ1v) is 14.4. The summed E-state index contributed by atoms with van der Waals surface area (Å²) in [4.78, 5) is 47.1. The molecule has 0 aliphatic heterocycles. The Balaban J connectivity index is 0.00000760. The Morgan fingerprint density at radius 1 is 0.513 bits per heavy atom. The molecule has 0 unspecified atom stereocenters. The molecule has 2 aliphatic carbocycles. The van der Waals surface area contributed by atoms with Gasteiger partial charge in [0.15, 0.2) is 0 Å². The van der Waals surface area contributed by atoms with Crippen molar-refractivity contribution in [2.24, 2.45) is 0 Å². The number of amides is 6. The van der Waals surface area contributed by atoms with Gasteiger partial charge in [0.05, 0.1) is 13.1 Å². The Labute approximate surface area is 233 Å². The minimum Gasteiger partial charge on any atom is -0.448 e. The van der Waals surface area contributed by atoms with Gasteiger partial charge in [0.1, 0.15) is 13.2 Å². The molecule has 2 rings (SSSR count). The molecule has 0 atom stereocenters. The predicted octanol–water partition coefficient (Wildman–Crippen LogP) is 3.90.